The number of para-hydroxylation sites is 2. The first-order chi connectivity index (χ1) is 10.0. The van der Waals surface area contributed by atoms with Crippen LogP contribution in [0.1, 0.15) is 18.1 Å². The average Bonchev–Trinajstić information content (AvgIpc) is 2.45. The van der Waals surface area contributed by atoms with Gasteiger partial charge in [0.2, 0.25) is 0 Å². The van der Waals surface area contributed by atoms with E-state index in [9.17, 15) is 9.18 Å². The van der Waals surface area contributed by atoms with Gasteiger partial charge in [0.25, 0.3) is 0 Å². The van der Waals surface area contributed by atoms with Gasteiger partial charge in [0, 0.05) is 5.69 Å². The van der Waals surface area contributed by atoms with Crippen molar-refractivity contribution in [1.29, 1.82) is 0 Å². The van der Waals surface area contributed by atoms with Gasteiger partial charge in [-0.3, -0.25) is 0 Å². The summed E-state index contributed by atoms with van der Waals surface area (Å²) in [6.45, 7) is 3.91. The lowest BCUT2D eigenvalue weighted by Gasteiger charge is -2.14. The minimum Gasteiger partial charge on any atom is -0.307 e. The van der Waals surface area contributed by atoms with Gasteiger partial charge < -0.3 is 10.6 Å². The second kappa shape index (κ2) is 6.59. The van der Waals surface area contributed by atoms with Crippen molar-refractivity contribution in [3.05, 3.63) is 58.4 Å². The monoisotopic (exact) mass is 306 g/mol. The number of anilines is 2. The molecule has 0 aromatic heterocycles. The zero-order chi connectivity index (χ0) is 15.4. The second-order valence-corrected chi connectivity index (χ2v) is 5.05. The van der Waals surface area contributed by atoms with E-state index < -0.39 is 11.8 Å². The molecular weight excluding hydrogens is 291 g/mol. The highest BCUT2D eigenvalue weighted by Crippen LogP contribution is 2.26. The molecule has 0 heterocycles. The maximum Gasteiger partial charge on any atom is 0.323 e. The Morgan fingerprint density at radius 2 is 1.81 bits per heavy atom. The first kappa shape index (κ1) is 15.3. The number of nitrogens with one attached hydrogen (secondary N) is 2. The maximum absolute atomic E-state index is 13.6. The fraction of sp³-hybridized carbons (Fsp3) is 0.188. The summed E-state index contributed by atoms with van der Waals surface area (Å²) < 4.78 is 13.6. The van der Waals surface area contributed by atoms with Crippen LogP contribution in [-0.4, -0.2) is 6.03 Å². The van der Waals surface area contributed by atoms with Crippen molar-refractivity contribution in [2.45, 2.75) is 20.3 Å². The lowest BCUT2D eigenvalue weighted by molar-refractivity contribution is 0.262. The molecular formula is C16H16ClFN2O. The Bertz CT molecular complexity index is 653. The third-order valence-corrected chi connectivity index (χ3v) is 3.49. The summed E-state index contributed by atoms with van der Waals surface area (Å²) in [5.41, 5.74) is 2.68. The summed E-state index contributed by atoms with van der Waals surface area (Å²) in [5, 5.41) is 5.36. The van der Waals surface area contributed by atoms with Crippen LogP contribution in [0.4, 0.5) is 20.6 Å². The van der Waals surface area contributed by atoms with Crippen LogP contribution < -0.4 is 10.6 Å². The molecule has 0 bridgehead atoms. The van der Waals surface area contributed by atoms with Crippen LogP contribution in [-0.2, 0) is 6.42 Å². The van der Waals surface area contributed by atoms with Gasteiger partial charge in [0.05, 0.1) is 10.7 Å². The van der Waals surface area contributed by atoms with Crippen molar-refractivity contribution < 1.29 is 9.18 Å². The number of hydrogen-bond acceptors (Lipinski definition) is 1. The van der Waals surface area contributed by atoms with Crippen LogP contribution in [0.25, 0.3) is 0 Å². The molecule has 0 unspecified atom stereocenters. The quantitative estimate of drug-likeness (QED) is 0.823. The Hall–Kier alpha value is -2.07. The zero-order valence-electron chi connectivity index (χ0n) is 11.8. The van der Waals surface area contributed by atoms with Gasteiger partial charge in [-0.25, -0.2) is 9.18 Å². The highest BCUT2D eigenvalue weighted by Gasteiger charge is 2.12. The molecule has 2 aromatic rings. The largest absolute Gasteiger partial charge is 0.323 e. The molecule has 5 heteroatoms. The van der Waals surface area contributed by atoms with E-state index in [1.807, 2.05) is 32.0 Å². The molecule has 0 atom stereocenters. The fourth-order valence-corrected chi connectivity index (χ4v) is 2.29. The molecule has 0 spiro atoms. The second-order valence-electron chi connectivity index (χ2n) is 4.64. The molecule has 2 N–H and O–H groups in total. The van der Waals surface area contributed by atoms with Gasteiger partial charge in [-0.2, -0.15) is 0 Å². The molecule has 2 rings (SSSR count). The third-order valence-electron chi connectivity index (χ3n) is 3.18. The average molecular weight is 307 g/mol. The van der Waals surface area contributed by atoms with E-state index in [1.54, 1.807) is 0 Å². The molecule has 21 heavy (non-hydrogen) atoms. The lowest BCUT2D eigenvalue weighted by Crippen LogP contribution is -2.21. The lowest BCUT2D eigenvalue weighted by atomic mass is 10.1. The summed E-state index contributed by atoms with van der Waals surface area (Å²) in [6, 6.07) is 9.51. The molecule has 0 radical (unpaired) electrons. The van der Waals surface area contributed by atoms with Crippen LogP contribution in [0.5, 0.6) is 0 Å². The molecule has 0 aliphatic heterocycles. The van der Waals surface area contributed by atoms with Crippen molar-refractivity contribution >= 4 is 29.0 Å². The van der Waals surface area contributed by atoms with Gasteiger partial charge in [-0.05, 0) is 36.6 Å². The van der Waals surface area contributed by atoms with Gasteiger partial charge in [0.1, 0.15) is 5.82 Å². The van der Waals surface area contributed by atoms with E-state index in [0.29, 0.717) is 0 Å². The number of benzene rings is 2. The molecule has 0 aliphatic rings. The van der Waals surface area contributed by atoms with Gasteiger partial charge in [-0.15, -0.1) is 0 Å². The molecule has 2 aromatic carbocycles. The van der Waals surface area contributed by atoms with Gasteiger partial charge in [0.15, 0.2) is 0 Å². The fourth-order valence-electron chi connectivity index (χ4n) is 2.08. The predicted molar refractivity (Wildman–Crippen MR) is 84.6 cm³/mol. The number of carbonyl (C=O) groups is 1. The molecule has 0 saturated carbocycles. The van der Waals surface area contributed by atoms with Crippen LogP contribution >= 0.6 is 11.6 Å². The van der Waals surface area contributed by atoms with Gasteiger partial charge >= 0.3 is 6.03 Å². The number of halogens is 2. The van der Waals surface area contributed by atoms with Crippen molar-refractivity contribution in [2.75, 3.05) is 10.6 Å². The first-order valence-electron chi connectivity index (χ1n) is 6.63. The van der Waals surface area contributed by atoms with Crippen molar-refractivity contribution in [2.24, 2.45) is 0 Å². The maximum atomic E-state index is 13.6. The smallest absolute Gasteiger partial charge is 0.307 e. The van der Waals surface area contributed by atoms with Crippen LogP contribution in [0.3, 0.4) is 0 Å². The summed E-state index contributed by atoms with van der Waals surface area (Å²) >= 11 is 5.88. The minimum atomic E-state index is -0.571. The standard InChI is InChI=1S/C16H16ClFN2O/c1-3-11-7-4-6-10(2)14(11)19-16(21)20-15-12(17)8-5-9-13(15)18/h4-9H,3H2,1-2H3,(H2,19,20,21). The topological polar surface area (TPSA) is 41.1 Å². The van der Waals surface area contributed by atoms with E-state index >= 15 is 0 Å². The summed E-state index contributed by atoms with van der Waals surface area (Å²) in [6.07, 6.45) is 0.789. The molecule has 0 saturated heterocycles. The highest BCUT2D eigenvalue weighted by atomic mass is 35.5. The minimum absolute atomic E-state index is 0.0247. The Morgan fingerprint density at radius 1 is 1.14 bits per heavy atom. The Kier molecular flexibility index (Phi) is 4.81. The van der Waals surface area contributed by atoms with Gasteiger partial charge in [-0.1, -0.05) is 42.8 Å². The SMILES string of the molecule is CCc1cccc(C)c1NC(=O)Nc1c(F)cccc1Cl. The van der Waals surface area contributed by atoms with E-state index in [0.717, 1.165) is 23.2 Å². The van der Waals surface area contributed by atoms with E-state index in [-0.39, 0.29) is 10.7 Å². The van der Waals surface area contributed by atoms with Crippen molar-refractivity contribution in [1.82, 2.24) is 0 Å². The first-order valence-corrected chi connectivity index (χ1v) is 7.01. The normalized spacial score (nSPS) is 10.3. The summed E-state index contributed by atoms with van der Waals surface area (Å²) in [7, 11) is 0. The predicted octanol–water partition coefficient (Wildman–Crippen LogP) is 4.99. The zero-order valence-corrected chi connectivity index (χ0v) is 12.6. The Morgan fingerprint density at radius 3 is 2.48 bits per heavy atom. The Balaban J connectivity index is 2.20. The van der Waals surface area contributed by atoms with Crippen LogP contribution in [0.15, 0.2) is 36.4 Å². The summed E-state index contributed by atoms with van der Waals surface area (Å²) in [5.74, 6) is -0.571. The number of carbonyl (C=O) groups excluding carboxylic acids is 1. The highest BCUT2D eigenvalue weighted by molar-refractivity contribution is 6.33. The van der Waals surface area contributed by atoms with E-state index in [2.05, 4.69) is 10.6 Å². The van der Waals surface area contributed by atoms with Crippen LogP contribution in [0, 0.1) is 12.7 Å². The number of rotatable bonds is 3. The molecule has 0 fully saturated rings. The Labute approximate surface area is 128 Å². The molecule has 110 valence electrons. The van der Waals surface area contributed by atoms with Crippen LogP contribution in [0.2, 0.25) is 5.02 Å². The molecule has 3 nitrogen and oxygen atoms in total. The number of hydrogen-bond donors (Lipinski definition) is 2. The summed E-state index contributed by atoms with van der Waals surface area (Å²) in [4.78, 5) is 12.1. The van der Waals surface area contributed by atoms with E-state index in [1.165, 1.54) is 18.2 Å². The van der Waals surface area contributed by atoms with Crippen molar-refractivity contribution in [3.63, 3.8) is 0 Å². The molecule has 2 amide bonds. The number of aryl methyl sites for hydroxylation is 2. The number of amides is 2. The van der Waals surface area contributed by atoms with E-state index in [4.69, 9.17) is 11.6 Å². The number of urea groups is 1. The van der Waals surface area contributed by atoms with Crippen molar-refractivity contribution in [3.8, 4) is 0 Å². The third kappa shape index (κ3) is 3.52. The molecule has 0 aliphatic carbocycles.